The zero-order valence-electron chi connectivity index (χ0n) is 49.8. The first-order valence-corrected chi connectivity index (χ1v) is 30.1. The molecule has 1 saturated carbocycles. The summed E-state index contributed by atoms with van der Waals surface area (Å²) in [5.74, 6) is 1.87. The van der Waals surface area contributed by atoms with E-state index in [9.17, 15) is 0 Å². The molecule has 3 unspecified atom stereocenters. The zero-order chi connectivity index (χ0) is 57.3. The summed E-state index contributed by atoms with van der Waals surface area (Å²) in [6.07, 6.45) is 7.46. The van der Waals surface area contributed by atoms with Gasteiger partial charge >= 0.3 is 0 Å². The van der Waals surface area contributed by atoms with Crippen molar-refractivity contribution in [1.29, 1.82) is 0 Å². The van der Waals surface area contributed by atoms with Crippen molar-refractivity contribution in [2.24, 2.45) is 17.8 Å². The topological polar surface area (TPSA) is 9.72 Å². The molecule has 3 nitrogen and oxygen atoms in total. The molecule has 12 rings (SSSR count). The van der Waals surface area contributed by atoms with Gasteiger partial charge < -0.3 is 14.7 Å². The highest BCUT2D eigenvalue weighted by Crippen LogP contribution is 2.47. The Morgan fingerprint density at radius 1 is 0.265 bits per heavy atom. The molecule has 414 valence electrons. The maximum absolute atomic E-state index is 2.59. The van der Waals surface area contributed by atoms with E-state index >= 15 is 0 Å². The van der Waals surface area contributed by atoms with Gasteiger partial charge in [-0.1, -0.05) is 237 Å². The summed E-state index contributed by atoms with van der Waals surface area (Å²) in [5.41, 5.74) is 18.8. The first-order chi connectivity index (χ1) is 40.1. The van der Waals surface area contributed by atoms with Gasteiger partial charge in [0, 0.05) is 73.7 Å². The lowest BCUT2D eigenvalue weighted by atomic mass is 9.78. The van der Waals surface area contributed by atoms with Gasteiger partial charge in [0.05, 0.1) is 0 Å². The van der Waals surface area contributed by atoms with E-state index in [2.05, 4.69) is 349 Å². The minimum atomic E-state index is -0.150. The van der Waals surface area contributed by atoms with Crippen molar-refractivity contribution in [1.82, 2.24) is 0 Å². The molecule has 2 aliphatic rings. The van der Waals surface area contributed by atoms with E-state index in [0.29, 0.717) is 17.8 Å². The number of anilines is 8. The van der Waals surface area contributed by atoms with Crippen LogP contribution >= 0.6 is 0 Å². The molecular weight excluding hydrogens is 1000 g/mol. The first kappa shape index (κ1) is 54.9. The van der Waals surface area contributed by atoms with Gasteiger partial charge in [0.1, 0.15) is 0 Å². The van der Waals surface area contributed by atoms with Crippen molar-refractivity contribution < 1.29 is 0 Å². The van der Waals surface area contributed by atoms with Crippen LogP contribution in [-0.2, 0) is 21.7 Å². The summed E-state index contributed by atoms with van der Waals surface area (Å²) in [6.45, 7) is 19.5. The molecule has 2 aliphatic carbocycles. The van der Waals surface area contributed by atoms with Crippen LogP contribution in [0.15, 0.2) is 279 Å². The van der Waals surface area contributed by atoms with E-state index in [0.717, 1.165) is 40.7 Å². The average Bonchev–Trinajstić information content (AvgIpc) is 4.22. The molecule has 2 bridgehead atoms. The molecule has 0 amide bonds. The second-order valence-electron chi connectivity index (χ2n) is 25.5. The third-order valence-electron chi connectivity index (χ3n) is 19.0. The van der Waals surface area contributed by atoms with E-state index in [4.69, 9.17) is 0 Å². The van der Waals surface area contributed by atoms with Crippen molar-refractivity contribution in [2.75, 3.05) is 21.2 Å². The van der Waals surface area contributed by atoms with Crippen molar-refractivity contribution in [3.63, 3.8) is 0 Å². The summed E-state index contributed by atoms with van der Waals surface area (Å²) in [7, 11) is 0. The van der Waals surface area contributed by atoms with E-state index in [1.165, 1.54) is 68.7 Å². The van der Waals surface area contributed by atoms with Crippen LogP contribution in [0.1, 0.15) is 113 Å². The summed E-state index contributed by atoms with van der Waals surface area (Å²) in [6, 6.07) is 99.1. The number of nitrogens with zero attached hydrogens (tertiary/aromatic N) is 3. The van der Waals surface area contributed by atoms with E-state index in [-0.39, 0.29) is 21.7 Å². The van der Waals surface area contributed by atoms with Crippen molar-refractivity contribution in [2.45, 2.75) is 89.9 Å². The van der Waals surface area contributed by atoms with Gasteiger partial charge in [0.25, 0.3) is 0 Å². The van der Waals surface area contributed by atoms with E-state index in [1.807, 2.05) is 0 Å². The molecule has 1 fully saturated rings. The Labute approximate surface area is 495 Å². The lowest BCUT2D eigenvalue weighted by Crippen LogP contribution is -2.27. The first-order valence-electron chi connectivity index (χ1n) is 30.1. The average molecular weight is 1080 g/mol. The van der Waals surface area contributed by atoms with Crippen LogP contribution in [-0.4, -0.2) is 6.54 Å². The predicted octanol–water partition coefficient (Wildman–Crippen LogP) is 21.3. The Balaban J connectivity index is 0.898. The van der Waals surface area contributed by atoms with Crippen LogP contribution in [0.3, 0.4) is 0 Å². The van der Waals surface area contributed by atoms with Gasteiger partial charge in [-0.15, -0.1) is 0 Å². The largest absolute Gasteiger partial charge is 0.341 e. The molecule has 10 aromatic rings. The van der Waals surface area contributed by atoms with Crippen LogP contribution < -0.4 is 14.7 Å². The zero-order valence-corrected chi connectivity index (χ0v) is 49.8. The van der Waals surface area contributed by atoms with Crippen molar-refractivity contribution >= 4 is 45.5 Å². The summed E-state index contributed by atoms with van der Waals surface area (Å²) >= 11 is 0. The molecule has 83 heavy (non-hydrogen) atoms. The maximum Gasteiger partial charge on any atom is 0.0463 e. The Morgan fingerprint density at radius 3 is 0.723 bits per heavy atom. The van der Waals surface area contributed by atoms with Crippen LogP contribution in [0.2, 0.25) is 0 Å². The predicted molar refractivity (Wildman–Crippen MR) is 352 cm³/mol. The Hall–Kier alpha value is -8.66. The quantitative estimate of drug-likeness (QED) is 0.0793. The standard InChI is InChI=1S/C80H79N3/c1-77(2,61-21-13-9-14-22-61)65-31-39-71(40-32-65)82(72-41-33-66(34-42-72)78(3,4)62-23-15-10-16-24-62)75-51-47-69(48-52-75)81(57-60-56-58-29-30-59(60)55-58)70-49-53-76(54-50-70)83(73-43-35-67(36-44-73)79(5,6)63-25-17-11-18-26-63)74-45-37-68(38-46-74)80(7,8)64-27-19-12-20-28-64/h9-54,58-60H,55-57H2,1-8H3. The van der Waals surface area contributed by atoms with Gasteiger partial charge in [-0.3, -0.25) is 0 Å². The SMILES string of the molecule is CC(C)(c1ccccc1)c1ccc(N(c2ccc(N(CC3CC4C=CC3C4)c3ccc(N(c4ccc(C(C)(C)c5ccccc5)cc4)c4ccc(C(C)(C)c5ccccc5)cc4)cc3)cc2)c2ccc(C(C)(C)c3ccccc3)cc2)cc1. The molecule has 10 aromatic carbocycles. The van der Waals surface area contributed by atoms with Crippen LogP contribution in [0, 0.1) is 17.8 Å². The molecular formula is C80H79N3. The van der Waals surface area contributed by atoms with E-state index < -0.39 is 0 Å². The smallest absolute Gasteiger partial charge is 0.0463 e. The summed E-state index contributed by atoms with van der Waals surface area (Å²) < 4.78 is 0. The number of allylic oxidation sites excluding steroid dienone is 2. The highest BCUT2D eigenvalue weighted by Gasteiger charge is 2.37. The maximum atomic E-state index is 2.59. The third-order valence-corrected chi connectivity index (χ3v) is 19.0. The Bertz CT molecular complexity index is 3340. The van der Waals surface area contributed by atoms with Gasteiger partial charge in [-0.25, -0.2) is 0 Å². The highest BCUT2D eigenvalue weighted by molar-refractivity contribution is 5.81. The molecule has 0 spiro atoms. The minimum Gasteiger partial charge on any atom is -0.341 e. The number of fused-ring (bicyclic) bond motifs is 2. The molecule has 0 radical (unpaired) electrons. The fourth-order valence-corrected chi connectivity index (χ4v) is 13.4. The van der Waals surface area contributed by atoms with E-state index in [1.54, 1.807) is 0 Å². The molecule has 0 aliphatic heterocycles. The second kappa shape index (κ2) is 22.6. The summed E-state index contributed by atoms with van der Waals surface area (Å²) in [5, 5.41) is 0. The third kappa shape index (κ3) is 11.0. The highest BCUT2D eigenvalue weighted by atomic mass is 15.2. The van der Waals surface area contributed by atoms with Gasteiger partial charge in [-0.05, 0) is 172 Å². The van der Waals surface area contributed by atoms with Crippen LogP contribution in [0.4, 0.5) is 45.5 Å². The van der Waals surface area contributed by atoms with Gasteiger partial charge in [0.15, 0.2) is 0 Å². The van der Waals surface area contributed by atoms with Crippen molar-refractivity contribution in [3.05, 3.63) is 324 Å². The van der Waals surface area contributed by atoms with Crippen molar-refractivity contribution in [3.8, 4) is 0 Å². The fourth-order valence-electron chi connectivity index (χ4n) is 13.4. The molecule has 0 heterocycles. The number of hydrogen-bond donors (Lipinski definition) is 0. The Morgan fingerprint density at radius 2 is 0.494 bits per heavy atom. The molecule has 3 heteroatoms. The Kier molecular flexibility index (Phi) is 14.9. The number of rotatable bonds is 18. The van der Waals surface area contributed by atoms with Crippen LogP contribution in [0.25, 0.3) is 0 Å². The lowest BCUT2D eigenvalue weighted by Gasteiger charge is -2.33. The van der Waals surface area contributed by atoms with Gasteiger partial charge in [-0.2, -0.15) is 0 Å². The fraction of sp³-hybridized carbons (Fsp3) is 0.225. The van der Waals surface area contributed by atoms with Gasteiger partial charge in [0.2, 0.25) is 0 Å². The minimum absolute atomic E-state index is 0.150. The lowest BCUT2D eigenvalue weighted by molar-refractivity contribution is 0.456. The number of hydrogen-bond acceptors (Lipinski definition) is 3. The van der Waals surface area contributed by atoms with Crippen LogP contribution in [0.5, 0.6) is 0 Å². The second-order valence-corrected chi connectivity index (χ2v) is 25.5. The normalized spacial score (nSPS) is 16.0. The molecule has 0 saturated heterocycles. The molecule has 3 atom stereocenters. The molecule has 0 aromatic heterocycles. The monoisotopic (exact) mass is 1080 g/mol. The summed E-state index contributed by atoms with van der Waals surface area (Å²) in [4.78, 5) is 7.42. The number of benzene rings is 10. The molecule has 0 N–H and O–H groups in total.